The Balaban J connectivity index is 1.47. The van der Waals surface area contributed by atoms with Gasteiger partial charge < -0.3 is 15.3 Å². The van der Waals surface area contributed by atoms with Crippen molar-refractivity contribution in [2.24, 2.45) is 5.41 Å². The predicted molar refractivity (Wildman–Crippen MR) is 187 cm³/mol. The van der Waals surface area contributed by atoms with E-state index in [2.05, 4.69) is 131 Å². The summed E-state index contributed by atoms with van der Waals surface area (Å²) < 4.78 is 0. The lowest BCUT2D eigenvalue weighted by Gasteiger charge is -2.21. The van der Waals surface area contributed by atoms with Gasteiger partial charge in [0.1, 0.15) is 0 Å². The Labute approximate surface area is 264 Å². The molecule has 5 aromatic carbocycles. The third-order valence-electron chi connectivity index (χ3n) is 8.64. The van der Waals surface area contributed by atoms with Crippen LogP contribution in [-0.2, 0) is 11.2 Å². The molecule has 2 aromatic heterocycles. The third-order valence-corrected chi connectivity index (χ3v) is 8.64. The summed E-state index contributed by atoms with van der Waals surface area (Å²) in [7, 11) is 0. The number of aromatic amines is 2. The van der Waals surface area contributed by atoms with Crippen molar-refractivity contribution in [1.29, 1.82) is 0 Å². The minimum absolute atomic E-state index is 0.000649. The third kappa shape index (κ3) is 5.44. The quantitative estimate of drug-likeness (QED) is 0.171. The Kier molecular flexibility index (Phi) is 7.34. The molecule has 0 spiro atoms. The highest BCUT2D eigenvalue weighted by molar-refractivity contribution is 6.08. The molecule has 0 aliphatic rings. The normalized spacial score (nSPS) is 11.8. The van der Waals surface area contributed by atoms with E-state index in [1.807, 2.05) is 39.0 Å². The fraction of sp³-hybridized carbons (Fsp3) is 0.146. The van der Waals surface area contributed by atoms with Crippen molar-refractivity contribution in [3.05, 3.63) is 162 Å². The SMILES string of the molecule is CC(C)(C)C(=O)Nc1ccccc1Cc1[nH]c2ccccc2c1-c1c(C(c2ccccc2)c2ccccc2)[nH]c2ccccc12. The topological polar surface area (TPSA) is 60.7 Å². The minimum atomic E-state index is -0.498. The van der Waals surface area contributed by atoms with Crippen LogP contribution in [0.3, 0.4) is 0 Å². The molecule has 45 heavy (non-hydrogen) atoms. The van der Waals surface area contributed by atoms with Crippen molar-refractivity contribution in [1.82, 2.24) is 9.97 Å². The Bertz CT molecular complexity index is 2070. The molecule has 7 rings (SSSR count). The molecule has 0 aliphatic carbocycles. The lowest BCUT2D eigenvalue weighted by Crippen LogP contribution is -2.28. The second-order valence-corrected chi connectivity index (χ2v) is 12.8. The summed E-state index contributed by atoms with van der Waals surface area (Å²) >= 11 is 0. The number of hydrogen-bond donors (Lipinski definition) is 3. The molecular formula is C41H37N3O. The van der Waals surface area contributed by atoms with Crippen LogP contribution in [0.15, 0.2) is 133 Å². The highest BCUT2D eigenvalue weighted by Gasteiger charge is 2.28. The van der Waals surface area contributed by atoms with Gasteiger partial charge in [-0.25, -0.2) is 0 Å². The largest absolute Gasteiger partial charge is 0.358 e. The minimum Gasteiger partial charge on any atom is -0.358 e. The summed E-state index contributed by atoms with van der Waals surface area (Å²) in [5, 5.41) is 5.56. The summed E-state index contributed by atoms with van der Waals surface area (Å²) in [6.45, 7) is 5.82. The Morgan fingerprint density at radius 2 is 1.13 bits per heavy atom. The number of nitrogens with one attached hydrogen (secondary N) is 3. The number of carbonyl (C=O) groups excluding carboxylic acids is 1. The van der Waals surface area contributed by atoms with Crippen molar-refractivity contribution in [3.63, 3.8) is 0 Å². The molecule has 0 radical (unpaired) electrons. The van der Waals surface area contributed by atoms with Crippen LogP contribution in [0.1, 0.15) is 54.8 Å². The van der Waals surface area contributed by atoms with E-state index in [4.69, 9.17) is 0 Å². The number of H-pyrrole nitrogens is 2. The van der Waals surface area contributed by atoms with Gasteiger partial charge in [0.05, 0.1) is 0 Å². The second kappa shape index (κ2) is 11.6. The summed E-state index contributed by atoms with van der Waals surface area (Å²) in [4.78, 5) is 20.7. The van der Waals surface area contributed by atoms with Crippen LogP contribution in [0, 0.1) is 5.41 Å². The van der Waals surface area contributed by atoms with E-state index >= 15 is 0 Å². The van der Waals surface area contributed by atoms with Crippen molar-refractivity contribution >= 4 is 33.4 Å². The number of benzene rings is 5. The lowest BCUT2D eigenvalue weighted by molar-refractivity contribution is -0.123. The van der Waals surface area contributed by atoms with Gasteiger partial charge in [-0.3, -0.25) is 4.79 Å². The molecule has 4 heteroatoms. The van der Waals surface area contributed by atoms with Crippen LogP contribution >= 0.6 is 0 Å². The molecule has 222 valence electrons. The van der Waals surface area contributed by atoms with E-state index in [0.717, 1.165) is 33.7 Å². The van der Waals surface area contributed by atoms with Gasteiger partial charge in [-0.2, -0.15) is 0 Å². The van der Waals surface area contributed by atoms with Gasteiger partial charge >= 0.3 is 0 Å². The average molecular weight is 588 g/mol. The first-order chi connectivity index (χ1) is 21.9. The molecule has 2 heterocycles. The highest BCUT2D eigenvalue weighted by Crippen LogP contribution is 2.45. The van der Waals surface area contributed by atoms with Crippen molar-refractivity contribution < 1.29 is 4.79 Å². The van der Waals surface area contributed by atoms with E-state index < -0.39 is 5.41 Å². The molecular weight excluding hydrogens is 550 g/mol. The van der Waals surface area contributed by atoms with E-state index in [0.29, 0.717) is 6.42 Å². The number of aromatic nitrogens is 2. The molecule has 0 saturated carbocycles. The van der Waals surface area contributed by atoms with Gasteiger partial charge in [0.25, 0.3) is 0 Å². The molecule has 7 aromatic rings. The Morgan fingerprint density at radius 1 is 0.622 bits per heavy atom. The number of carbonyl (C=O) groups is 1. The predicted octanol–water partition coefficient (Wildman–Crippen LogP) is 10.1. The highest BCUT2D eigenvalue weighted by atomic mass is 16.2. The van der Waals surface area contributed by atoms with Crippen LogP contribution in [0.2, 0.25) is 0 Å². The van der Waals surface area contributed by atoms with Crippen LogP contribution in [-0.4, -0.2) is 15.9 Å². The van der Waals surface area contributed by atoms with Gasteiger partial charge in [0.2, 0.25) is 5.91 Å². The second-order valence-electron chi connectivity index (χ2n) is 12.8. The fourth-order valence-corrected chi connectivity index (χ4v) is 6.38. The van der Waals surface area contributed by atoms with Gasteiger partial charge in [0.15, 0.2) is 0 Å². The van der Waals surface area contributed by atoms with E-state index in [1.54, 1.807) is 0 Å². The monoisotopic (exact) mass is 587 g/mol. The van der Waals surface area contributed by atoms with Gasteiger partial charge in [-0.1, -0.05) is 136 Å². The van der Waals surface area contributed by atoms with Crippen LogP contribution < -0.4 is 5.32 Å². The Hall–Kier alpha value is -5.35. The number of hydrogen-bond acceptors (Lipinski definition) is 1. The van der Waals surface area contributed by atoms with Gasteiger partial charge in [-0.15, -0.1) is 0 Å². The summed E-state index contributed by atoms with van der Waals surface area (Å²) in [6, 6.07) is 46.8. The molecule has 0 unspecified atom stereocenters. The maximum Gasteiger partial charge on any atom is 0.229 e. The maximum atomic E-state index is 13.0. The van der Waals surface area contributed by atoms with Crippen LogP contribution in [0.4, 0.5) is 5.69 Å². The lowest BCUT2D eigenvalue weighted by atomic mass is 9.84. The number of amides is 1. The molecule has 0 atom stereocenters. The molecule has 0 fully saturated rings. The van der Waals surface area contributed by atoms with E-state index in [1.165, 1.54) is 33.0 Å². The zero-order valence-electron chi connectivity index (χ0n) is 25.9. The molecule has 4 nitrogen and oxygen atoms in total. The maximum absolute atomic E-state index is 13.0. The number of fused-ring (bicyclic) bond motifs is 2. The number of para-hydroxylation sites is 3. The number of anilines is 1. The first-order valence-electron chi connectivity index (χ1n) is 15.6. The smallest absolute Gasteiger partial charge is 0.229 e. The molecule has 0 bridgehead atoms. The zero-order chi connectivity index (χ0) is 31.0. The van der Waals surface area contributed by atoms with E-state index in [-0.39, 0.29) is 11.8 Å². The van der Waals surface area contributed by atoms with E-state index in [9.17, 15) is 4.79 Å². The van der Waals surface area contributed by atoms with Crippen molar-refractivity contribution in [2.45, 2.75) is 33.1 Å². The average Bonchev–Trinajstić information content (AvgIpc) is 3.60. The van der Waals surface area contributed by atoms with Gasteiger partial charge in [-0.05, 0) is 34.9 Å². The molecule has 0 saturated heterocycles. The zero-order valence-corrected chi connectivity index (χ0v) is 25.9. The Morgan fingerprint density at radius 3 is 1.76 bits per heavy atom. The summed E-state index contributed by atoms with van der Waals surface area (Å²) in [6.07, 6.45) is 0.630. The number of rotatable bonds is 7. The van der Waals surface area contributed by atoms with Crippen molar-refractivity contribution in [2.75, 3.05) is 5.32 Å². The van der Waals surface area contributed by atoms with Crippen molar-refractivity contribution in [3.8, 4) is 11.1 Å². The fourth-order valence-electron chi connectivity index (χ4n) is 6.38. The van der Waals surface area contributed by atoms with Crippen LogP contribution in [0.25, 0.3) is 32.9 Å². The summed E-state index contributed by atoms with van der Waals surface area (Å²) in [5.41, 5.74) is 10.7. The molecule has 0 aliphatic heterocycles. The van der Waals surface area contributed by atoms with Crippen LogP contribution in [0.5, 0.6) is 0 Å². The molecule has 1 amide bonds. The summed E-state index contributed by atoms with van der Waals surface area (Å²) in [5.74, 6) is -0.00558. The van der Waals surface area contributed by atoms with Gasteiger partial charge in [0, 0.05) is 67.8 Å². The first-order valence-corrected chi connectivity index (χ1v) is 15.6. The molecule has 3 N–H and O–H groups in total. The first kappa shape index (κ1) is 28.4. The standard InChI is InChI=1S/C41H37N3O/c1-41(2,3)40(45)44-32-23-13-10-20-29(32)26-35-37(30-21-11-14-24-33(30)42-35)38-31-22-12-15-25-34(31)43-39(38)36(27-16-6-4-7-17-27)28-18-8-5-9-19-28/h4-25,36,42-43H,26H2,1-3H3,(H,44,45).